The molecule has 2 atom stereocenters. The van der Waals surface area contributed by atoms with Gasteiger partial charge in [-0.1, -0.05) is 183 Å². The third kappa shape index (κ3) is 11.9. The molecule has 0 radical (unpaired) electrons. The van der Waals surface area contributed by atoms with Gasteiger partial charge in [0, 0.05) is 29.1 Å². The standard InChI is InChI=1S/C46H64N2/c1-4-6-8-10-12-14-16-18-45(41-28-32-43(47)33-29-41)39-24-20-37(21-25-39)36(3)38-22-26-40(27-23-38)46(42-30-34-44(48)35-31-42)19-17-15-13-11-9-7-5-2/h20-36,45-46H,4-19,47-48H2,1-3H3. The van der Waals surface area contributed by atoms with Gasteiger partial charge in [0.25, 0.3) is 0 Å². The predicted molar refractivity (Wildman–Crippen MR) is 211 cm³/mol. The van der Waals surface area contributed by atoms with Gasteiger partial charge < -0.3 is 11.5 Å². The summed E-state index contributed by atoms with van der Waals surface area (Å²) in [6.07, 6.45) is 21.1. The lowest BCUT2D eigenvalue weighted by atomic mass is 9.83. The molecule has 0 aliphatic heterocycles. The molecule has 48 heavy (non-hydrogen) atoms. The van der Waals surface area contributed by atoms with E-state index in [1.54, 1.807) is 0 Å². The summed E-state index contributed by atoms with van der Waals surface area (Å²) in [5.41, 5.74) is 22.1. The second-order valence-electron chi connectivity index (χ2n) is 14.3. The lowest BCUT2D eigenvalue weighted by molar-refractivity contribution is 0.558. The Morgan fingerprint density at radius 2 is 0.604 bits per heavy atom. The van der Waals surface area contributed by atoms with E-state index in [0.29, 0.717) is 17.8 Å². The van der Waals surface area contributed by atoms with Gasteiger partial charge in [0.1, 0.15) is 0 Å². The molecule has 0 bridgehead atoms. The minimum Gasteiger partial charge on any atom is -0.399 e. The lowest BCUT2D eigenvalue weighted by Gasteiger charge is -2.21. The quantitative estimate of drug-likeness (QED) is 0.0660. The summed E-state index contributed by atoms with van der Waals surface area (Å²) in [4.78, 5) is 0. The Morgan fingerprint density at radius 3 is 0.917 bits per heavy atom. The molecular formula is C46H64N2. The van der Waals surface area contributed by atoms with E-state index in [9.17, 15) is 0 Å². The average Bonchev–Trinajstić information content (AvgIpc) is 3.12. The van der Waals surface area contributed by atoms with Crippen LogP contribution in [0.4, 0.5) is 11.4 Å². The van der Waals surface area contributed by atoms with Crippen LogP contribution in [-0.2, 0) is 0 Å². The number of unbranched alkanes of at least 4 members (excludes halogenated alkanes) is 12. The minimum absolute atomic E-state index is 0.337. The maximum absolute atomic E-state index is 6.06. The van der Waals surface area contributed by atoms with Crippen LogP contribution in [0.3, 0.4) is 0 Å². The Kier molecular flexibility index (Phi) is 16.1. The molecule has 4 rings (SSSR count). The van der Waals surface area contributed by atoms with E-state index in [2.05, 4.69) is 118 Å². The highest BCUT2D eigenvalue weighted by Gasteiger charge is 2.18. The Bertz CT molecular complexity index is 1290. The van der Waals surface area contributed by atoms with Crippen molar-refractivity contribution in [2.45, 2.75) is 141 Å². The molecule has 0 saturated heterocycles. The summed E-state index contributed by atoms with van der Waals surface area (Å²) in [5.74, 6) is 1.15. The zero-order valence-electron chi connectivity index (χ0n) is 30.4. The van der Waals surface area contributed by atoms with Crippen LogP contribution in [0.15, 0.2) is 97.1 Å². The van der Waals surface area contributed by atoms with E-state index in [0.717, 1.165) is 11.4 Å². The van der Waals surface area contributed by atoms with Crippen LogP contribution < -0.4 is 11.5 Å². The summed E-state index contributed by atoms with van der Waals surface area (Å²) in [5, 5.41) is 0. The topological polar surface area (TPSA) is 52.0 Å². The number of nitrogens with two attached hydrogens (primary N) is 2. The Balaban J connectivity index is 1.42. The van der Waals surface area contributed by atoms with Crippen LogP contribution in [0.5, 0.6) is 0 Å². The van der Waals surface area contributed by atoms with E-state index in [1.807, 2.05) is 0 Å². The largest absolute Gasteiger partial charge is 0.399 e. The molecule has 0 amide bonds. The minimum atomic E-state index is 0.337. The van der Waals surface area contributed by atoms with Crippen LogP contribution in [0.2, 0.25) is 0 Å². The third-order valence-corrected chi connectivity index (χ3v) is 10.5. The zero-order valence-corrected chi connectivity index (χ0v) is 30.4. The first kappa shape index (κ1) is 37.3. The number of rotatable bonds is 22. The van der Waals surface area contributed by atoms with Crippen molar-refractivity contribution in [3.8, 4) is 0 Å². The van der Waals surface area contributed by atoms with Crippen molar-refractivity contribution in [3.63, 3.8) is 0 Å². The summed E-state index contributed by atoms with van der Waals surface area (Å²) in [6, 6.07) is 36.1. The highest BCUT2D eigenvalue weighted by Crippen LogP contribution is 2.35. The fourth-order valence-electron chi connectivity index (χ4n) is 7.35. The zero-order chi connectivity index (χ0) is 34.0. The van der Waals surface area contributed by atoms with Gasteiger partial charge >= 0.3 is 0 Å². The number of nitrogen functional groups attached to an aromatic ring is 2. The summed E-state index contributed by atoms with van der Waals surface area (Å²) < 4.78 is 0. The Labute approximate surface area is 293 Å². The van der Waals surface area contributed by atoms with Gasteiger partial charge in [0.05, 0.1) is 0 Å². The summed E-state index contributed by atoms with van der Waals surface area (Å²) in [6.45, 7) is 6.92. The van der Waals surface area contributed by atoms with Crippen LogP contribution >= 0.6 is 0 Å². The SMILES string of the molecule is CCCCCCCCCC(c1ccc(N)cc1)c1ccc(C(C)c2ccc(C(CCCCCCCCC)c3ccc(N)cc3)cc2)cc1. The Hall–Kier alpha value is -3.52. The molecule has 258 valence electrons. The lowest BCUT2D eigenvalue weighted by Crippen LogP contribution is -2.04. The predicted octanol–water partition coefficient (Wildman–Crippen LogP) is 13.5. The van der Waals surface area contributed by atoms with Crippen molar-refractivity contribution < 1.29 is 0 Å². The van der Waals surface area contributed by atoms with Gasteiger partial charge in [-0.05, 0) is 70.5 Å². The molecule has 0 fully saturated rings. The highest BCUT2D eigenvalue weighted by atomic mass is 14.5. The first-order chi connectivity index (χ1) is 23.5. The van der Waals surface area contributed by atoms with Crippen molar-refractivity contribution >= 4 is 11.4 Å². The molecule has 0 aromatic heterocycles. The number of anilines is 2. The normalized spacial score (nSPS) is 13.3. The second kappa shape index (κ2) is 20.8. The van der Waals surface area contributed by atoms with Crippen molar-refractivity contribution in [1.82, 2.24) is 0 Å². The number of benzene rings is 4. The molecule has 0 spiro atoms. The summed E-state index contributed by atoms with van der Waals surface area (Å²) in [7, 11) is 0. The fourth-order valence-corrected chi connectivity index (χ4v) is 7.35. The van der Waals surface area contributed by atoms with Crippen LogP contribution in [0, 0.1) is 0 Å². The van der Waals surface area contributed by atoms with E-state index in [1.165, 1.54) is 136 Å². The van der Waals surface area contributed by atoms with Gasteiger partial charge in [-0.2, -0.15) is 0 Å². The monoisotopic (exact) mass is 645 g/mol. The van der Waals surface area contributed by atoms with Crippen molar-refractivity contribution in [2.75, 3.05) is 11.5 Å². The van der Waals surface area contributed by atoms with Gasteiger partial charge in [0.2, 0.25) is 0 Å². The van der Waals surface area contributed by atoms with Crippen molar-refractivity contribution in [3.05, 3.63) is 130 Å². The van der Waals surface area contributed by atoms with E-state index in [4.69, 9.17) is 11.5 Å². The Morgan fingerprint density at radius 1 is 0.354 bits per heavy atom. The van der Waals surface area contributed by atoms with Crippen LogP contribution in [0.25, 0.3) is 0 Å². The molecule has 4 N–H and O–H groups in total. The maximum atomic E-state index is 6.06. The highest BCUT2D eigenvalue weighted by molar-refractivity contribution is 5.45. The van der Waals surface area contributed by atoms with Crippen LogP contribution in [-0.4, -0.2) is 0 Å². The number of hydrogen-bond acceptors (Lipinski definition) is 2. The molecular weight excluding hydrogens is 581 g/mol. The molecule has 2 unspecified atom stereocenters. The van der Waals surface area contributed by atoms with Crippen LogP contribution in [0.1, 0.15) is 175 Å². The molecule has 2 heteroatoms. The van der Waals surface area contributed by atoms with Gasteiger partial charge in [-0.15, -0.1) is 0 Å². The first-order valence-corrected chi connectivity index (χ1v) is 19.4. The van der Waals surface area contributed by atoms with E-state index >= 15 is 0 Å². The maximum Gasteiger partial charge on any atom is 0.0314 e. The molecule has 0 aliphatic rings. The third-order valence-electron chi connectivity index (χ3n) is 10.5. The molecule has 4 aromatic carbocycles. The fraction of sp³-hybridized carbons (Fsp3) is 0.478. The molecule has 0 saturated carbocycles. The van der Waals surface area contributed by atoms with E-state index in [-0.39, 0.29) is 0 Å². The van der Waals surface area contributed by atoms with Crippen molar-refractivity contribution in [1.29, 1.82) is 0 Å². The molecule has 0 aliphatic carbocycles. The van der Waals surface area contributed by atoms with Gasteiger partial charge in [-0.3, -0.25) is 0 Å². The average molecular weight is 645 g/mol. The van der Waals surface area contributed by atoms with Gasteiger partial charge in [0.15, 0.2) is 0 Å². The first-order valence-electron chi connectivity index (χ1n) is 19.4. The van der Waals surface area contributed by atoms with Crippen molar-refractivity contribution in [2.24, 2.45) is 0 Å². The van der Waals surface area contributed by atoms with Gasteiger partial charge in [-0.25, -0.2) is 0 Å². The molecule has 2 nitrogen and oxygen atoms in total. The summed E-state index contributed by atoms with van der Waals surface area (Å²) >= 11 is 0. The second-order valence-corrected chi connectivity index (χ2v) is 14.3. The smallest absolute Gasteiger partial charge is 0.0314 e. The number of hydrogen-bond donors (Lipinski definition) is 2. The van der Waals surface area contributed by atoms with E-state index < -0.39 is 0 Å². The molecule has 4 aromatic rings. The molecule has 0 heterocycles.